The van der Waals surface area contributed by atoms with Crippen molar-refractivity contribution in [2.45, 2.75) is 6.04 Å². The van der Waals surface area contributed by atoms with E-state index in [1.54, 1.807) is 7.11 Å². The van der Waals surface area contributed by atoms with Crippen LogP contribution in [0.5, 0.6) is 5.75 Å². The third-order valence-electron chi connectivity index (χ3n) is 3.66. The highest BCUT2D eigenvalue weighted by molar-refractivity contribution is 14.1. The van der Waals surface area contributed by atoms with Crippen molar-refractivity contribution in [2.24, 2.45) is 0 Å². The molecule has 0 aromatic heterocycles. The summed E-state index contributed by atoms with van der Waals surface area (Å²) in [5, 5.41) is 3.02. The van der Waals surface area contributed by atoms with E-state index in [0.29, 0.717) is 12.1 Å². The number of likely N-dealkylation sites (N-methyl/N-ethyl adjacent to an activating group) is 1. The number of hydrogen-bond acceptors (Lipinski definition) is 3. The van der Waals surface area contributed by atoms with E-state index in [2.05, 4.69) is 32.8 Å². The van der Waals surface area contributed by atoms with E-state index < -0.39 is 0 Å². The number of amides is 1. The fourth-order valence-electron chi connectivity index (χ4n) is 2.43. The number of benzene rings is 2. The molecule has 1 atom stereocenters. The molecule has 1 N–H and O–H groups in total. The van der Waals surface area contributed by atoms with Crippen molar-refractivity contribution in [3.63, 3.8) is 0 Å². The van der Waals surface area contributed by atoms with Crippen LogP contribution in [-0.4, -0.2) is 38.6 Å². The number of carbonyl (C=O) groups excluding carboxylic acids is 1. The molecule has 122 valence electrons. The van der Waals surface area contributed by atoms with Gasteiger partial charge in [0.1, 0.15) is 5.75 Å². The molecule has 23 heavy (non-hydrogen) atoms. The van der Waals surface area contributed by atoms with Crippen molar-refractivity contribution in [1.29, 1.82) is 0 Å². The molecule has 0 radical (unpaired) electrons. The molecule has 5 heteroatoms. The predicted octanol–water partition coefficient (Wildman–Crippen LogP) is 3.33. The third kappa shape index (κ3) is 4.68. The summed E-state index contributed by atoms with van der Waals surface area (Å²) in [5.74, 6) is 0.764. The first kappa shape index (κ1) is 17.7. The molecule has 2 rings (SSSR count). The van der Waals surface area contributed by atoms with Crippen LogP contribution in [0, 0.1) is 3.57 Å². The highest BCUT2D eigenvalue weighted by atomic mass is 127. The van der Waals surface area contributed by atoms with Crippen molar-refractivity contribution in [3.05, 3.63) is 63.2 Å². The lowest BCUT2D eigenvalue weighted by Gasteiger charge is -2.26. The third-order valence-corrected chi connectivity index (χ3v) is 4.34. The summed E-state index contributed by atoms with van der Waals surface area (Å²) in [4.78, 5) is 14.4. The van der Waals surface area contributed by atoms with Gasteiger partial charge in [0.05, 0.1) is 13.2 Å². The van der Waals surface area contributed by atoms with Crippen LogP contribution in [0.3, 0.4) is 0 Å². The zero-order valence-electron chi connectivity index (χ0n) is 13.5. The molecule has 2 aromatic carbocycles. The zero-order valence-corrected chi connectivity index (χ0v) is 15.7. The minimum atomic E-state index is -0.0646. The Hall–Kier alpha value is -1.60. The molecule has 0 saturated carbocycles. The molecule has 0 heterocycles. The van der Waals surface area contributed by atoms with Gasteiger partial charge in [0.2, 0.25) is 0 Å². The molecule has 0 bridgehead atoms. The maximum Gasteiger partial charge on any atom is 0.251 e. The van der Waals surface area contributed by atoms with Gasteiger partial charge in [-0.2, -0.15) is 0 Å². The lowest BCUT2D eigenvalue weighted by Crippen LogP contribution is -2.34. The Kier molecular flexibility index (Phi) is 6.41. The van der Waals surface area contributed by atoms with Gasteiger partial charge in [-0.3, -0.25) is 4.79 Å². The summed E-state index contributed by atoms with van der Waals surface area (Å²) in [6.45, 7) is 0.512. The van der Waals surface area contributed by atoms with Crippen LogP contribution in [-0.2, 0) is 0 Å². The highest BCUT2D eigenvalue weighted by Gasteiger charge is 2.19. The maximum atomic E-state index is 12.3. The molecular weight excluding hydrogens is 403 g/mol. The SMILES string of the molecule is COc1ccccc1C(CNC(=O)c1cccc(I)c1)N(C)C. The van der Waals surface area contributed by atoms with Gasteiger partial charge in [-0.25, -0.2) is 0 Å². The van der Waals surface area contributed by atoms with Crippen molar-refractivity contribution < 1.29 is 9.53 Å². The minimum absolute atomic E-state index is 0.0397. The smallest absolute Gasteiger partial charge is 0.251 e. The van der Waals surface area contributed by atoms with E-state index in [-0.39, 0.29) is 11.9 Å². The first-order valence-electron chi connectivity index (χ1n) is 7.36. The second-order valence-corrected chi connectivity index (χ2v) is 6.69. The number of nitrogens with one attached hydrogen (secondary N) is 1. The Morgan fingerprint density at radius 1 is 1.22 bits per heavy atom. The number of para-hydroxylation sites is 1. The molecule has 1 unspecified atom stereocenters. The maximum absolute atomic E-state index is 12.3. The van der Waals surface area contributed by atoms with Crippen LogP contribution >= 0.6 is 22.6 Å². The summed E-state index contributed by atoms with van der Waals surface area (Å²) in [6.07, 6.45) is 0. The van der Waals surface area contributed by atoms with Gasteiger partial charge >= 0.3 is 0 Å². The second-order valence-electron chi connectivity index (χ2n) is 5.44. The summed E-state index contributed by atoms with van der Waals surface area (Å²) in [5.41, 5.74) is 1.73. The van der Waals surface area contributed by atoms with Gasteiger partial charge in [0.15, 0.2) is 0 Å². The molecule has 0 spiro atoms. The van der Waals surface area contributed by atoms with Crippen LogP contribution in [0.1, 0.15) is 22.0 Å². The van der Waals surface area contributed by atoms with Gasteiger partial charge in [-0.15, -0.1) is 0 Å². The first-order chi connectivity index (χ1) is 11.0. The van der Waals surface area contributed by atoms with Crippen LogP contribution in [0.2, 0.25) is 0 Å². The quantitative estimate of drug-likeness (QED) is 0.724. The average Bonchev–Trinajstić information content (AvgIpc) is 2.55. The molecular formula is C18H21IN2O2. The summed E-state index contributed by atoms with van der Waals surface area (Å²) in [7, 11) is 5.65. The molecule has 2 aromatic rings. The summed E-state index contributed by atoms with van der Waals surface area (Å²) in [6, 6.07) is 15.5. The Balaban J connectivity index is 2.13. The highest BCUT2D eigenvalue weighted by Crippen LogP contribution is 2.27. The molecule has 1 amide bonds. The topological polar surface area (TPSA) is 41.6 Å². The van der Waals surface area contributed by atoms with Gasteiger partial charge in [-0.1, -0.05) is 24.3 Å². The van der Waals surface area contributed by atoms with E-state index in [4.69, 9.17) is 4.74 Å². The van der Waals surface area contributed by atoms with E-state index >= 15 is 0 Å². The summed E-state index contributed by atoms with van der Waals surface area (Å²) >= 11 is 2.21. The van der Waals surface area contributed by atoms with Gasteiger partial charge in [-0.05, 0) is 61.0 Å². The molecule has 0 aliphatic heterocycles. The van der Waals surface area contributed by atoms with Crippen LogP contribution < -0.4 is 10.1 Å². The number of ether oxygens (including phenoxy) is 1. The average molecular weight is 424 g/mol. The standard InChI is InChI=1S/C18H21IN2O2/c1-21(2)16(15-9-4-5-10-17(15)23-3)12-20-18(22)13-7-6-8-14(19)11-13/h4-11,16H,12H2,1-3H3,(H,20,22). The Morgan fingerprint density at radius 2 is 1.96 bits per heavy atom. The monoisotopic (exact) mass is 424 g/mol. The van der Waals surface area contributed by atoms with E-state index in [0.717, 1.165) is 14.9 Å². The van der Waals surface area contributed by atoms with Crippen molar-refractivity contribution in [2.75, 3.05) is 27.7 Å². The van der Waals surface area contributed by atoms with Crippen molar-refractivity contribution >= 4 is 28.5 Å². The van der Waals surface area contributed by atoms with Gasteiger partial charge in [0.25, 0.3) is 5.91 Å². The number of rotatable bonds is 6. The fraction of sp³-hybridized carbons (Fsp3) is 0.278. The number of hydrogen-bond donors (Lipinski definition) is 1. The second kappa shape index (κ2) is 8.31. The molecule has 0 saturated heterocycles. The Labute approximate surface area is 151 Å². The molecule has 0 fully saturated rings. The lowest BCUT2D eigenvalue weighted by molar-refractivity contribution is 0.0941. The van der Waals surface area contributed by atoms with Crippen LogP contribution in [0.25, 0.3) is 0 Å². The molecule has 4 nitrogen and oxygen atoms in total. The van der Waals surface area contributed by atoms with E-state index in [9.17, 15) is 4.79 Å². The van der Waals surface area contributed by atoms with Crippen LogP contribution in [0.15, 0.2) is 48.5 Å². The van der Waals surface area contributed by atoms with Crippen molar-refractivity contribution in [3.8, 4) is 5.75 Å². The fourth-order valence-corrected chi connectivity index (χ4v) is 2.98. The number of carbonyl (C=O) groups is 1. The minimum Gasteiger partial charge on any atom is -0.496 e. The van der Waals surface area contributed by atoms with Crippen molar-refractivity contribution in [1.82, 2.24) is 10.2 Å². The number of halogens is 1. The van der Waals surface area contributed by atoms with Gasteiger partial charge < -0.3 is 15.0 Å². The largest absolute Gasteiger partial charge is 0.496 e. The van der Waals surface area contributed by atoms with Gasteiger partial charge in [0, 0.05) is 21.2 Å². The molecule has 0 aliphatic rings. The van der Waals surface area contributed by atoms with E-state index in [1.807, 2.05) is 62.6 Å². The van der Waals surface area contributed by atoms with Crippen LogP contribution in [0.4, 0.5) is 0 Å². The Bertz CT molecular complexity index is 674. The Morgan fingerprint density at radius 3 is 2.61 bits per heavy atom. The van der Waals surface area contributed by atoms with E-state index in [1.165, 1.54) is 0 Å². The molecule has 0 aliphatic carbocycles. The lowest BCUT2D eigenvalue weighted by atomic mass is 10.0. The number of nitrogens with zero attached hydrogens (tertiary/aromatic N) is 1. The predicted molar refractivity (Wildman–Crippen MR) is 101 cm³/mol. The normalized spacial score (nSPS) is 12.0. The summed E-state index contributed by atoms with van der Waals surface area (Å²) < 4.78 is 6.49. The zero-order chi connectivity index (χ0) is 16.8. The number of methoxy groups -OCH3 is 1. The first-order valence-corrected chi connectivity index (χ1v) is 8.44.